The van der Waals surface area contributed by atoms with Crippen LogP contribution in [0.4, 0.5) is 0 Å². The van der Waals surface area contributed by atoms with E-state index in [9.17, 15) is 14.7 Å². The van der Waals surface area contributed by atoms with Crippen LogP contribution in [0.2, 0.25) is 0 Å². The van der Waals surface area contributed by atoms with E-state index in [1.165, 1.54) is 4.90 Å². The van der Waals surface area contributed by atoms with E-state index in [1.807, 2.05) is 62.4 Å². The number of benzene rings is 3. The Morgan fingerprint density at radius 2 is 1.71 bits per heavy atom. The van der Waals surface area contributed by atoms with E-state index in [1.54, 1.807) is 31.4 Å². The smallest absolute Gasteiger partial charge is 0.295 e. The maximum atomic E-state index is 13.3. The zero-order valence-electron chi connectivity index (χ0n) is 19.4. The molecule has 3 aromatic carbocycles. The number of amides is 1. The number of nitrogens with zero attached hydrogens (tertiary/aromatic N) is 1. The lowest BCUT2D eigenvalue weighted by Crippen LogP contribution is -2.29. The largest absolute Gasteiger partial charge is 0.507 e. The van der Waals surface area contributed by atoms with Crippen molar-refractivity contribution in [3.63, 3.8) is 0 Å². The number of aliphatic hydroxyl groups is 1. The summed E-state index contributed by atoms with van der Waals surface area (Å²) >= 11 is 0. The summed E-state index contributed by atoms with van der Waals surface area (Å²) < 4.78 is 10.9. The van der Waals surface area contributed by atoms with Gasteiger partial charge in [0, 0.05) is 12.1 Å². The van der Waals surface area contributed by atoms with Crippen LogP contribution in [0.3, 0.4) is 0 Å². The number of aliphatic hydroxyl groups excluding tert-OH is 1. The average molecular weight is 458 g/mol. The Kier molecular flexibility index (Phi) is 6.68. The quantitative estimate of drug-likeness (QED) is 0.306. The van der Waals surface area contributed by atoms with Crippen LogP contribution in [-0.2, 0) is 16.1 Å². The van der Waals surface area contributed by atoms with Crippen molar-refractivity contribution >= 4 is 17.4 Å². The molecule has 6 heteroatoms. The minimum absolute atomic E-state index is 0.0622. The second-order valence-corrected chi connectivity index (χ2v) is 8.15. The van der Waals surface area contributed by atoms with E-state index < -0.39 is 17.7 Å². The van der Waals surface area contributed by atoms with Gasteiger partial charge in [-0.3, -0.25) is 9.59 Å². The van der Waals surface area contributed by atoms with E-state index in [-0.39, 0.29) is 17.9 Å². The SMILES string of the molecule is CCOc1cccc(/C(O)=C2/C(=O)C(=O)N(Cc3cccc(OC)c3)C2c2cccc(C)c2)c1. The van der Waals surface area contributed by atoms with Crippen LogP contribution in [0, 0.1) is 6.92 Å². The zero-order chi connectivity index (χ0) is 24.2. The highest BCUT2D eigenvalue weighted by atomic mass is 16.5. The van der Waals surface area contributed by atoms with E-state index in [2.05, 4.69) is 0 Å². The third kappa shape index (κ3) is 4.53. The number of ether oxygens (including phenoxy) is 2. The fraction of sp³-hybridized carbons (Fsp3) is 0.214. The van der Waals surface area contributed by atoms with Crippen molar-refractivity contribution < 1.29 is 24.2 Å². The van der Waals surface area contributed by atoms with Crippen molar-refractivity contribution in [2.75, 3.05) is 13.7 Å². The molecule has 1 aliphatic heterocycles. The molecule has 0 bridgehead atoms. The van der Waals surface area contributed by atoms with Gasteiger partial charge in [0.1, 0.15) is 17.3 Å². The van der Waals surface area contributed by atoms with Crippen molar-refractivity contribution in [2.45, 2.75) is 26.4 Å². The molecule has 1 N–H and O–H groups in total. The molecule has 174 valence electrons. The third-order valence-corrected chi connectivity index (χ3v) is 5.80. The minimum atomic E-state index is -0.734. The molecule has 0 aliphatic carbocycles. The predicted octanol–water partition coefficient (Wildman–Crippen LogP) is 5.02. The topological polar surface area (TPSA) is 76.1 Å². The van der Waals surface area contributed by atoms with Gasteiger partial charge in [-0.05, 0) is 49.2 Å². The van der Waals surface area contributed by atoms with E-state index in [0.717, 1.165) is 16.7 Å². The van der Waals surface area contributed by atoms with Crippen LogP contribution in [0.25, 0.3) is 5.76 Å². The van der Waals surface area contributed by atoms with Crippen molar-refractivity contribution in [3.05, 3.63) is 101 Å². The van der Waals surface area contributed by atoms with Crippen molar-refractivity contribution in [1.29, 1.82) is 0 Å². The number of ketones is 1. The van der Waals surface area contributed by atoms with E-state index >= 15 is 0 Å². The standard InChI is InChI=1S/C28H27NO5/c1-4-34-23-13-7-11-21(16-23)26(30)24-25(20-10-5-8-18(2)14-20)29(28(32)27(24)31)17-19-9-6-12-22(15-19)33-3/h5-16,25,30H,4,17H2,1-3H3/b26-24-. The number of likely N-dealkylation sites (tertiary alicyclic amines) is 1. The number of methoxy groups -OCH3 is 1. The summed E-state index contributed by atoms with van der Waals surface area (Å²) in [6.45, 7) is 4.48. The Labute approximate surface area is 199 Å². The minimum Gasteiger partial charge on any atom is -0.507 e. The molecular weight excluding hydrogens is 430 g/mol. The Balaban J connectivity index is 1.84. The van der Waals surface area contributed by atoms with Crippen molar-refractivity contribution in [1.82, 2.24) is 4.90 Å². The maximum Gasteiger partial charge on any atom is 0.295 e. The molecule has 1 atom stereocenters. The molecule has 1 unspecified atom stereocenters. The molecule has 1 heterocycles. The molecule has 6 nitrogen and oxygen atoms in total. The van der Waals surface area contributed by atoms with Gasteiger partial charge in [-0.1, -0.05) is 54.1 Å². The van der Waals surface area contributed by atoms with Gasteiger partial charge in [0.15, 0.2) is 0 Å². The first-order valence-corrected chi connectivity index (χ1v) is 11.1. The second kappa shape index (κ2) is 9.83. The number of aryl methyl sites for hydroxylation is 1. The van der Waals surface area contributed by atoms with Gasteiger partial charge in [-0.15, -0.1) is 0 Å². The summed E-state index contributed by atoms with van der Waals surface area (Å²) in [5.41, 5.74) is 3.04. The van der Waals surface area contributed by atoms with Crippen LogP contribution in [0.15, 0.2) is 78.4 Å². The van der Waals surface area contributed by atoms with Crippen LogP contribution in [-0.4, -0.2) is 35.4 Å². The Hall–Kier alpha value is -4.06. The normalized spacial score (nSPS) is 17.1. The van der Waals surface area contributed by atoms with Crippen LogP contribution in [0.5, 0.6) is 11.5 Å². The number of Topliss-reactive ketones (excluding diaryl/α,β-unsaturated/α-hetero) is 1. The number of rotatable bonds is 7. The molecule has 4 rings (SSSR count). The van der Waals surface area contributed by atoms with E-state index in [0.29, 0.717) is 23.7 Å². The molecule has 0 spiro atoms. The van der Waals surface area contributed by atoms with Crippen LogP contribution in [0.1, 0.15) is 35.2 Å². The number of carbonyl (C=O) groups excluding carboxylic acids is 2. The Morgan fingerprint density at radius 3 is 2.44 bits per heavy atom. The molecule has 1 saturated heterocycles. The first-order valence-electron chi connectivity index (χ1n) is 11.1. The lowest BCUT2D eigenvalue weighted by atomic mass is 9.94. The van der Waals surface area contributed by atoms with Crippen LogP contribution < -0.4 is 9.47 Å². The molecule has 3 aromatic rings. The summed E-state index contributed by atoms with van der Waals surface area (Å²) in [6.07, 6.45) is 0. The molecule has 0 radical (unpaired) electrons. The number of carbonyl (C=O) groups is 2. The van der Waals surface area contributed by atoms with Gasteiger partial charge in [0.2, 0.25) is 0 Å². The lowest BCUT2D eigenvalue weighted by molar-refractivity contribution is -0.140. The fourth-order valence-corrected chi connectivity index (χ4v) is 4.25. The highest BCUT2D eigenvalue weighted by Crippen LogP contribution is 2.41. The molecule has 1 aliphatic rings. The summed E-state index contributed by atoms with van der Waals surface area (Å²) in [6, 6.07) is 21.1. The van der Waals surface area contributed by atoms with Gasteiger partial charge in [0.05, 0.1) is 25.3 Å². The lowest BCUT2D eigenvalue weighted by Gasteiger charge is -2.26. The summed E-state index contributed by atoms with van der Waals surface area (Å²) in [5.74, 6) is -0.358. The van der Waals surface area contributed by atoms with Gasteiger partial charge >= 0.3 is 0 Å². The van der Waals surface area contributed by atoms with E-state index in [4.69, 9.17) is 9.47 Å². The summed E-state index contributed by atoms with van der Waals surface area (Å²) in [7, 11) is 1.58. The van der Waals surface area contributed by atoms with Crippen LogP contribution >= 0.6 is 0 Å². The molecule has 0 aromatic heterocycles. The van der Waals surface area contributed by atoms with Gasteiger partial charge in [0.25, 0.3) is 11.7 Å². The fourth-order valence-electron chi connectivity index (χ4n) is 4.25. The van der Waals surface area contributed by atoms with Gasteiger partial charge in [-0.25, -0.2) is 0 Å². The first-order chi connectivity index (χ1) is 16.4. The Morgan fingerprint density at radius 1 is 0.971 bits per heavy atom. The molecule has 1 fully saturated rings. The number of hydrogen-bond acceptors (Lipinski definition) is 5. The molecule has 1 amide bonds. The second-order valence-electron chi connectivity index (χ2n) is 8.15. The molecule has 0 saturated carbocycles. The monoisotopic (exact) mass is 457 g/mol. The predicted molar refractivity (Wildman–Crippen MR) is 130 cm³/mol. The Bertz CT molecular complexity index is 1260. The highest BCUT2D eigenvalue weighted by molar-refractivity contribution is 6.46. The average Bonchev–Trinajstić information content (AvgIpc) is 3.09. The summed E-state index contributed by atoms with van der Waals surface area (Å²) in [4.78, 5) is 28.0. The van der Waals surface area contributed by atoms with Gasteiger partial charge < -0.3 is 19.5 Å². The summed E-state index contributed by atoms with van der Waals surface area (Å²) in [5, 5.41) is 11.3. The third-order valence-electron chi connectivity index (χ3n) is 5.80. The van der Waals surface area contributed by atoms with Gasteiger partial charge in [-0.2, -0.15) is 0 Å². The first kappa shape index (κ1) is 23.1. The number of hydrogen-bond donors (Lipinski definition) is 1. The molecular formula is C28H27NO5. The van der Waals surface area contributed by atoms with Crippen molar-refractivity contribution in [2.24, 2.45) is 0 Å². The molecule has 34 heavy (non-hydrogen) atoms. The maximum absolute atomic E-state index is 13.3. The highest BCUT2D eigenvalue weighted by Gasteiger charge is 2.46. The zero-order valence-corrected chi connectivity index (χ0v) is 19.4. The van der Waals surface area contributed by atoms with Crippen molar-refractivity contribution in [3.8, 4) is 11.5 Å².